The van der Waals surface area contributed by atoms with Crippen molar-refractivity contribution in [3.05, 3.63) is 35.4 Å². The molecule has 2 N–H and O–H groups in total. The second kappa shape index (κ2) is 14.0. The molecule has 0 radical (unpaired) electrons. The predicted octanol–water partition coefficient (Wildman–Crippen LogP) is 3.14. The van der Waals surface area contributed by atoms with Gasteiger partial charge in [0.25, 0.3) is 5.91 Å². The third-order valence-electron chi connectivity index (χ3n) is 5.48. The second-order valence-electron chi connectivity index (χ2n) is 8.30. The van der Waals surface area contributed by atoms with Crippen LogP contribution in [-0.2, 0) is 6.42 Å². The summed E-state index contributed by atoms with van der Waals surface area (Å²) in [5.74, 6) is 0.925. The van der Waals surface area contributed by atoms with Gasteiger partial charge in [0.05, 0.1) is 0 Å². The van der Waals surface area contributed by atoms with Gasteiger partial charge >= 0.3 is 0 Å². The highest BCUT2D eigenvalue weighted by Gasteiger charge is 2.09. The average molecular weight is 416 g/mol. The van der Waals surface area contributed by atoms with Crippen LogP contribution < -0.4 is 10.6 Å². The zero-order chi connectivity index (χ0) is 21.6. The number of guanidine groups is 1. The molecule has 0 unspecified atom stereocenters. The molecule has 1 aromatic rings. The van der Waals surface area contributed by atoms with Gasteiger partial charge in [0, 0.05) is 39.3 Å². The van der Waals surface area contributed by atoms with Gasteiger partial charge < -0.3 is 20.4 Å². The summed E-state index contributed by atoms with van der Waals surface area (Å²) in [6.07, 6.45) is 8.67. The number of amides is 1. The van der Waals surface area contributed by atoms with Crippen molar-refractivity contribution in [1.29, 1.82) is 0 Å². The van der Waals surface area contributed by atoms with Crippen molar-refractivity contribution >= 4 is 11.9 Å². The minimum absolute atomic E-state index is 0.0417. The minimum atomic E-state index is 0.0417. The molecule has 0 saturated carbocycles. The molecule has 1 heterocycles. The molecule has 0 bridgehead atoms. The summed E-state index contributed by atoms with van der Waals surface area (Å²) >= 11 is 0. The zero-order valence-corrected chi connectivity index (χ0v) is 19.3. The molecule has 0 spiro atoms. The van der Waals surface area contributed by atoms with E-state index in [4.69, 9.17) is 4.99 Å². The van der Waals surface area contributed by atoms with Crippen LogP contribution in [0.3, 0.4) is 0 Å². The van der Waals surface area contributed by atoms with Crippen LogP contribution in [0.1, 0.15) is 61.4 Å². The van der Waals surface area contributed by atoms with Crippen molar-refractivity contribution in [3.63, 3.8) is 0 Å². The number of piperidine rings is 1. The maximum Gasteiger partial charge on any atom is 0.253 e. The van der Waals surface area contributed by atoms with Crippen LogP contribution in [0.4, 0.5) is 0 Å². The van der Waals surface area contributed by atoms with Crippen molar-refractivity contribution in [2.45, 2.75) is 51.9 Å². The molecule has 1 aromatic carbocycles. The van der Waals surface area contributed by atoms with Gasteiger partial charge in [-0.3, -0.25) is 9.79 Å². The van der Waals surface area contributed by atoms with E-state index in [1.807, 2.05) is 18.2 Å². The molecule has 1 fully saturated rings. The number of nitrogens with one attached hydrogen (secondary N) is 2. The normalized spacial score (nSPS) is 15.1. The lowest BCUT2D eigenvalue weighted by molar-refractivity contribution is 0.0827. The third-order valence-corrected chi connectivity index (χ3v) is 5.48. The molecular weight excluding hydrogens is 374 g/mol. The molecule has 0 atom stereocenters. The van der Waals surface area contributed by atoms with Gasteiger partial charge in [-0.25, -0.2) is 0 Å². The number of benzene rings is 1. The van der Waals surface area contributed by atoms with Gasteiger partial charge in [0.1, 0.15) is 0 Å². The standard InChI is InChI=1S/C24H41N5O/c1-4-25-24(26-15-7-5-8-17-29-18-9-6-10-19-29)27-16-14-21-12-11-13-22(20-21)23(30)28(2)3/h11-13,20H,4-10,14-19H2,1-3H3,(H2,25,26,27). The van der Waals surface area contributed by atoms with Crippen molar-refractivity contribution in [2.24, 2.45) is 4.99 Å². The summed E-state index contributed by atoms with van der Waals surface area (Å²) in [6, 6.07) is 7.88. The molecule has 1 saturated heterocycles. The highest BCUT2D eigenvalue weighted by Crippen LogP contribution is 2.10. The lowest BCUT2D eigenvalue weighted by atomic mass is 10.1. The first-order chi connectivity index (χ1) is 14.6. The van der Waals surface area contributed by atoms with Crippen LogP contribution in [0.5, 0.6) is 0 Å². The number of likely N-dealkylation sites (tertiary alicyclic amines) is 1. The first-order valence-corrected chi connectivity index (χ1v) is 11.6. The van der Waals surface area contributed by atoms with Gasteiger partial charge in [-0.15, -0.1) is 0 Å². The maximum atomic E-state index is 12.1. The number of hydrogen-bond donors (Lipinski definition) is 2. The fourth-order valence-corrected chi connectivity index (χ4v) is 3.78. The summed E-state index contributed by atoms with van der Waals surface area (Å²) in [4.78, 5) is 21.1. The smallest absolute Gasteiger partial charge is 0.253 e. The number of carbonyl (C=O) groups is 1. The Labute approximate surface area is 183 Å². The van der Waals surface area contributed by atoms with E-state index in [0.717, 1.165) is 49.6 Å². The molecule has 30 heavy (non-hydrogen) atoms. The first kappa shape index (κ1) is 24.2. The van der Waals surface area contributed by atoms with Crippen LogP contribution in [0.2, 0.25) is 0 Å². The van der Waals surface area contributed by atoms with Crippen molar-refractivity contribution in [3.8, 4) is 0 Å². The molecule has 168 valence electrons. The Morgan fingerprint density at radius 3 is 2.63 bits per heavy atom. The zero-order valence-electron chi connectivity index (χ0n) is 19.3. The minimum Gasteiger partial charge on any atom is -0.357 e. The summed E-state index contributed by atoms with van der Waals surface area (Å²) in [5, 5.41) is 6.74. The highest BCUT2D eigenvalue weighted by molar-refractivity contribution is 5.94. The van der Waals surface area contributed by atoms with Crippen molar-refractivity contribution < 1.29 is 4.79 Å². The molecule has 2 rings (SSSR count). The number of hydrogen-bond acceptors (Lipinski definition) is 3. The Balaban J connectivity index is 1.68. The van der Waals surface area contributed by atoms with Gasteiger partial charge in [0.2, 0.25) is 0 Å². The van der Waals surface area contributed by atoms with E-state index in [1.165, 1.54) is 51.7 Å². The Kier molecular flexibility index (Phi) is 11.3. The van der Waals surface area contributed by atoms with Gasteiger partial charge in [0.15, 0.2) is 5.96 Å². The predicted molar refractivity (Wildman–Crippen MR) is 126 cm³/mol. The molecule has 1 aliphatic heterocycles. The van der Waals surface area contributed by atoms with E-state index >= 15 is 0 Å². The fraction of sp³-hybridized carbons (Fsp3) is 0.667. The van der Waals surface area contributed by atoms with Gasteiger partial charge in [-0.1, -0.05) is 25.0 Å². The van der Waals surface area contributed by atoms with Crippen LogP contribution in [0, 0.1) is 0 Å². The molecular formula is C24H41N5O. The summed E-state index contributed by atoms with van der Waals surface area (Å²) in [7, 11) is 3.56. The lowest BCUT2D eigenvalue weighted by Crippen LogP contribution is -2.38. The lowest BCUT2D eigenvalue weighted by Gasteiger charge is -2.26. The van der Waals surface area contributed by atoms with Crippen LogP contribution in [-0.4, -0.2) is 75.0 Å². The van der Waals surface area contributed by atoms with Gasteiger partial charge in [-0.2, -0.15) is 0 Å². The van der Waals surface area contributed by atoms with Crippen LogP contribution >= 0.6 is 0 Å². The topological polar surface area (TPSA) is 60.0 Å². The number of aliphatic imine (C=N–C) groups is 1. The maximum absolute atomic E-state index is 12.1. The van der Waals surface area contributed by atoms with E-state index < -0.39 is 0 Å². The fourth-order valence-electron chi connectivity index (χ4n) is 3.78. The molecule has 1 aliphatic rings. The second-order valence-corrected chi connectivity index (χ2v) is 8.30. The number of unbranched alkanes of at least 4 members (excludes halogenated alkanes) is 2. The van der Waals surface area contributed by atoms with Gasteiger partial charge in [-0.05, 0) is 76.4 Å². The van der Waals surface area contributed by atoms with Crippen molar-refractivity contribution in [2.75, 3.05) is 53.4 Å². The average Bonchev–Trinajstić information content (AvgIpc) is 2.76. The molecule has 6 nitrogen and oxygen atoms in total. The summed E-state index contributed by atoms with van der Waals surface area (Å²) in [6.45, 7) is 8.43. The highest BCUT2D eigenvalue weighted by atomic mass is 16.2. The van der Waals surface area contributed by atoms with E-state index in [-0.39, 0.29) is 5.91 Å². The van der Waals surface area contributed by atoms with Crippen LogP contribution in [0.15, 0.2) is 29.3 Å². The third kappa shape index (κ3) is 9.16. The van der Waals surface area contributed by atoms with E-state index in [9.17, 15) is 4.79 Å². The monoisotopic (exact) mass is 415 g/mol. The van der Waals surface area contributed by atoms with Crippen molar-refractivity contribution in [1.82, 2.24) is 20.4 Å². The first-order valence-electron chi connectivity index (χ1n) is 11.6. The Morgan fingerprint density at radius 2 is 1.90 bits per heavy atom. The Bertz CT molecular complexity index is 653. The molecule has 0 aliphatic carbocycles. The number of rotatable bonds is 11. The Morgan fingerprint density at radius 1 is 1.10 bits per heavy atom. The SMILES string of the molecule is CCNC(=NCCCCCN1CCCCC1)NCCc1cccc(C(=O)N(C)C)c1. The summed E-state index contributed by atoms with van der Waals surface area (Å²) < 4.78 is 0. The van der Waals surface area contributed by atoms with E-state index in [2.05, 4.69) is 28.5 Å². The Hall–Kier alpha value is -2.08. The molecule has 0 aromatic heterocycles. The largest absolute Gasteiger partial charge is 0.357 e. The van der Waals surface area contributed by atoms with E-state index in [0.29, 0.717) is 0 Å². The molecule has 6 heteroatoms. The van der Waals surface area contributed by atoms with E-state index in [1.54, 1.807) is 19.0 Å². The quantitative estimate of drug-likeness (QED) is 0.331. The molecule has 1 amide bonds. The van der Waals surface area contributed by atoms with Crippen LogP contribution in [0.25, 0.3) is 0 Å². The summed E-state index contributed by atoms with van der Waals surface area (Å²) in [5.41, 5.74) is 1.89. The number of carbonyl (C=O) groups excluding carboxylic acids is 1. The number of nitrogens with zero attached hydrogens (tertiary/aromatic N) is 3.